The Balaban J connectivity index is 2.10. The monoisotopic (exact) mass is 240 g/mol. The van der Waals surface area contributed by atoms with Crippen LogP contribution in [-0.4, -0.2) is 25.4 Å². The lowest BCUT2D eigenvalue weighted by Gasteiger charge is -2.25. The van der Waals surface area contributed by atoms with Gasteiger partial charge in [0.2, 0.25) is 5.91 Å². The second-order valence-corrected chi connectivity index (χ2v) is 3.97. The molecular formula is C12H14F2N2O. The number of hydrogen-bond acceptors (Lipinski definition) is 2. The van der Waals surface area contributed by atoms with E-state index in [1.165, 1.54) is 0 Å². The van der Waals surface area contributed by atoms with Crippen LogP contribution in [0.3, 0.4) is 0 Å². The Morgan fingerprint density at radius 2 is 2.24 bits per heavy atom. The van der Waals surface area contributed by atoms with Crippen LogP contribution in [0.1, 0.15) is 17.2 Å². The van der Waals surface area contributed by atoms with E-state index < -0.39 is 24.9 Å². The number of benzene rings is 1. The minimum atomic E-state index is -2.52. The van der Waals surface area contributed by atoms with Gasteiger partial charge in [-0.2, -0.15) is 0 Å². The van der Waals surface area contributed by atoms with Gasteiger partial charge in [0.1, 0.15) is 6.04 Å². The van der Waals surface area contributed by atoms with E-state index in [0.29, 0.717) is 6.54 Å². The van der Waals surface area contributed by atoms with Gasteiger partial charge in [-0.05, 0) is 17.5 Å². The third-order valence-electron chi connectivity index (χ3n) is 2.80. The molecule has 0 bridgehead atoms. The maximum absolute atomic E-state index is 12.0. The summed E-state index contributed by atoms with van der Waals surface area (Å²) in [4.78, 5) is 11.8. The van der Waals surface area contributed by atoms with Gasteiger partial charge in [-0.15, -0.1) is 0 Å². The number of carbonyl (C=O) groups is 1. The van der Waals surface area contributed by atoms with Crippen molar-refractivity contribution in [2.45, 2.75) is 18.9 Å². The Bertz CT molecular complexity index is 409. The minimum absolute atomic E-state index is 0.391. The Hall–Kier alpha value is -1.49. The van der Waals surface area contributed by atoms with Crippen LogP contribution in [-0.2, 0) is 11.2 Å². The molecule has 5 heteroatoms. The number of carbonyl (C=O) groups excluding carboxylic acids is 1. The average Bonchev–Trinajstić information content (AvgIpc) is 2.35. The topological polar surface area (TPSA) is 41.1 Å². The summed E-state index contributed by atoms with van der Waals surface area (Å²) < 4.78 is 24.0. The lowest BCUT2D eigenvalue weighted by molar-refractivity contribution is -0.124. The van der Waals surface area contributed by atoms with Crippen LogP contribution in [0, 0.1) is 0 Å². The van der Waals surface area contributed by atoms with E-state index in [4.69, 9.17) is 0 Å². The smallest absolute Gasteiger partial charge is 0.255 e. The molecule has 0 aromatic heterocycles. The molecule has 1 aliphatic rings. The molecule has 1 aromatic rings. The van der Waals surface area contributed by atoms with Gasteiger partial charge >= 0.3 is 0 Å². The third kappa shape index (κ3) is 2.79. The maximum Gasteiger partial charge on any atom is 0.255 e. The van der Waals surface area contributed by atoms with Crippen LogP contribution in [0.5, 0.6) is 0 Å². The number of amides is 1. The summed E-state index contributed by atoms with van der Waals surface area (Å²) in [5.41, 5.74) is 1.98. The van der Waals surface area contributed by atoms with Gasteiger partial charge in [-0.3, -0.25) is 4.79 Å². The Labute approximate surface area is 98.2 Å². The largest absolute Gasteiger partial charge is 0.349 e. The number of hydrogen-bond donors (Lipinski definition) is 2. The van der Waals surface area contributed by atoms with Crippen molar-refractivity contribution in [3.63, 3.8) is 0 Å². The van der Waals surface area contributed by atoms with Crippen molar-refractivity contribution in [3.05, 3.63) is 35.4 Å². The van der Waals surface area contributed by atoms with Crippen LogP contribution in [0.2, 0.25) is 0 Å². The molecule has 0 saturated heterocycles. The third-order valence-corrected chi connectivity index (χ3v) is 2.80. The van der Waals surface area contributed by atoms with Gasteiger partial charge in [0.05, 0.1) is 6.54 Å². The van der Waals surface area contributed by atoms with E-state index >= 15 is 0 Å². The first kappa shape index (κ1) is 12.0. The van der Waals surface area contributed by atoms with Crippen molar-refractivity contribution in [3.8, 4) is 0 Å². The minimum Gasteiger partial charge on any atom is -0.349 e. The molecule has 2 rings (SSSR count). The molecule has 17 heavy (non-hydrogen) atoms. The van der Waals surface area contributed by atoms with Crippen molar-refractivity contribution in [2.75, 3.05) is 13.1 Å². The van der Waals surface area contributed by atoms with Crippen molar-refractivity contribution in [2.24, 2.45) is 0 Å². The van der Waals surface area contributed by atoms with Crippen molar-refractivity contribution >= 4 is 5.91 Å². The van der Waals surface area contributed by atoms with Crippen LogP contribution >= 0.6 is 0 Å². The van der Waals surface area contributed by atoms with E-state index in [9.17, 15) is 13.6 Å². The fraction of sp³-hybridized carbons (Fsp3) is 0.417. The van der Waals surface area contributed by atoms with Crippen molar-refractivity contribution < 1.29 is 13.6 Å². The second-order valence-electron chi connectivity index (χ2n) is 3.97. The van der Waals surface area contributed by atoms with Crippen LogP contribution in [0.15, 0.2) is 24.3 Å². The fourth-order valence-corrected chi connectivity index (χ4v) is 2.02. The second kappa shape index (κ2) is 5.23. The first-order valence-electron chi connectivity index (χ1n) is 5.55. The first-order valence-corrected chi connectivity index (χ1v) is 5.55. The van der Waals surface area contributed by atoms with E-state index in [1.807, 2.05) is 24.3 Å². The summed E-state index contributed by atoms with van der Waals surface area (Å²) in [6, 6.07) is 7.06. The summed E-state index contributed by atoms with van der Waals surface area (Å²) in [5, 5.41) is 5.28. The van der Waals surface area contributed by atoms with Gasteiger partial charge in [-0.25, -0.2) is 8.78 Å². The molecule has 1 heterocycles. The van der Waals surface area contributed by atoms with E-state index in [-0.39, 0.29) is 0 Å². The lowest BCUT2D eigenvalue weighted by Crippen LogP contribution is -2.42. The molecule has 92 valence electrons. The molecule has 0 radical (unpaired) electrons. The molecule has 1 atom stereocenters. The van der Waals surface area contributed by atoms with Gasteiger partial charge in [-0.1, -0.05) is 24.3 Å². The summed E-state index contributed by atoms with van der Waals surface area (Å²) in [6.07, 6.45) is -1.66. The highest BCUT2D eigenvalue weighted by molar-refractivity contribution is 5.83. The number of rotatable bonds is 3. The van der Waals surface area contributed by atoms with E-state index in [2.05, 4.69) is 10.6 Å². The predicted octanol–water partition coefficient (Wildman–Crippen LogP) is 1.25. The number of fused-ring (bicyclic) bond motifs is 1. The van der Waals surface area contributed by atoms with E-state index in [1.54, 1.807) is 0 Å². The lowest BCUT2D eigenvalue weighted by atomic mass is 9.94. The number of alkyl halides is 2. The number of halogens is 2. The zero-order valence-corrected chi connectivity index (χ0v) is 9.25. The highest BCUT2D eigenvalue weighted by Crippen LogP contribution is 2.22. The summed E-state index contributed by atoms with van der Waals surface area (Å²) >= 11 is 0. The van der Waals surface area contributed by atoms with Crippen molar-refractivity contribution in [1.82, 2.24) is 10.6 Å². The highest BCUT2D eigenvalue weighted by Gasteiger charge is 2.25. The van der Waals surface area contributed by atoms with Gasteiger partial charge in [0, 0.05) is 6.54 Å². The van der Waals surface area contributed by atoms with Crippen molar-refractivity contribution in [1.29, 1.82) is 0 Å². The number of nitrogens with one attached hydrogen (secondary N) is 2. The molecule has 0 saturated carbocycles. The zero-order valence-electron chi connectivity index (χ0n) is 9.25. The SMILES string of the molecule is O=C(NCC(F)F)C1NCCc2ccccc21. The Kier molecular flexibility index (Phi) is 3.68. The normalized spacial score (nSPS) is 18.9. The van der Waals surface area contributed by atoms with Crippen LogP contribution < -0.4 is 10.6 Å². The molecule has 3 nitrogen and oxygen atoms in total. The fourth-order valence-electron chi connectivity index (χ4n) is 2.02. The standard InChI is InChI=1S/C12H14F2N2O/c13-10(14)7-16-12(17)11-9-4-2-1-3-8(9)5-6-15-11/h1-4,10-11,15H,5-7H2,(H,16,17). The summed E-state index contributed by atoms with van der Waals surface area (Å²) in [7, 11) is 0. The summed E-state index contributed by atoms with van der Waals surface area (Å²) in [6.45, 7) is 0.0863. The molecule has 1 aliphatic heterocycles. The molecular weight excluding hydrogens is 226 g/mol. The molecule has 1 aromatic carbocycles. The quantitative estimate of drug-likeness (QED) is 0.835. The van der Waals surface area contributed by atoms with E-state index in [0.717, 1.165) is 17.5 Å². The summed E-state index contributed by atoms with van der Waals surface area (Å²) in [5.74, 6) is -0.391. The van der Waals surface area contributed by atoms with Gasteiger partial charge < -0.3 is 10.6 Å². The molecule has 1 unspecified atom stereocenters. The molecule has 2 N–H and O–H groups in total. The van der Waals surface area contributed by atoms with Gasteiger partial charge in [0.25, 0.3) is 6.43 Å². The maximum atomic E-state index is 12.0. The van der Waals surface area contributed by atoms with Crippen LogP contribution in [0.4, 0.5) is 8.78 Å². The Morgan fingerprint density at radius 1 is 1.47 bits per heavy atom. The predicted molar refractivity (Wildman–Crippen MR) is 59.9 cm³/mol. The first-order chi connectivity index (χ1) is 8.18. The molecule has 0 spiro atoms. The Morgan fingerprint density at radius 3 is 3.00 bits per heavy atom. The van der Waals surface area contributed by atoms with Crippen LogP contribution in [0.25, 0.3) is 0 Å². The zero-order chi connectivity index (χ0) is 12.3. The molecule has 1 amide bonds. The molecule has 0 fully saturated rings. The molecule has 0 aliphatic carbocycles. The average molecular weight is 240 g/mol. The van der Waals surface area contributed by atoms with Gasteiger partial charge in [0.15, 0.2) is 0 Å². The highest BCUT2D eigenvalue weighted by atomic mass is 19.3.